The van der Waals surface area contributed by atoms with E-state index < -0.39 is 41.5 Å². The van der Waals surface area contributed by atoms with Gasteiger partial charge in [0.15, 0.2) is 6.10 Å². The summed E-state index contributed by atoms with van der Waals surface area (Å²) in [6.45, 7) is 7.50. The first-order valence-electron chi connectivity index (χ1n) is 7.92. The van der Waals surface area contributed by atoms with E-state index in [2.05, 4.69) is 0 Å². The number of rotatable bonds is 6. The van der Waals surface area contributed by atoms with Crippen molar-refractivity contribution in [3.63, 3.8) is 0 Å². The van der Waals surface area contributed by atoms with Crippen LogP contribution in [0.25, 0.3) is 0 Å². The summed E-state index contributed by atoms with van der Waals surface area (Å²) in [5, 5.41) is 8.70. The molecule has 0 fully saturated rings. The average molecular weight is 372 g/mol. The molecule has 1 unspecified atom stereocenters. The van der Waals surface area contributed by atoms with Crippen molar-refractivity contribution in [2.75, 3.05) is 0 Å². The first-order chi connectivity index (χ1) is 11.8. The van der Waals surface area contributed by atoms with Gasteiger partial charge in [0.2, 0.25) is 0 Å². The molecule has 0 spiro atoms. The average Bonchev–Trinajstić information content (AvgIpc) is 2.50. The number of hydrogen-bond donors (Lipinski definition) is 1. The van der Waals surface area contributed by atoms with Crippen LogP contribution in [0.2, 0.25) is 0 Å². The lowest BCUT2D eigenvalue weighted by Gasteiger charge is -2.27. The van der Waals surface area contributed by atoms with E-state index >= 15 is 0 Å². The molecule has 0 aliphatic carbocycles. The van der Waals surface area contributed by atoms with E-state index in [0.29, 0.717) is 0 Å². The summed E-state index contributed by atoms with van der Waals surface area (Å²) in [7, 11) is 0. The van der Waals surface area contributed by atoms with Gasteiger partial charge in [-0.15, -0.1) is 0 Å². The maximum atomic E-state index is 13.9. The minimum Gasteiger partial charge on any atom is -0.477 e. The van der Waals surface area contributed by atoms with Crippen molar-refractivity contribution in [3.8, 4) is 0 Å². The Labute approximate surface area is 150 Å². The predicted octanol–water partition coefficient (Wildman–Crippen LogP) is 3.54. The first kappa shape index (κ1) is 21.5. The number of carboxylic acids is 1. The van der Waals surface area contributed by atoms with Gasteiger partial charge in [-0.05, 0) is 38.8 Å². The first-order valence-corrected chi connectivity index (χ1v) is 7.92. The molecule has 0 aliphatic rings. The van der Waals surface area contributed by atoms with Crippen molar-refractivity contribution in [2.45, 2.75) is 52.2 Å². The number of carboxylic acid groups (broad SMARTS) is 1. The zero-order chi connectivity index (χ0) is 20.3. The van der Waals surface area contributed by atoms with Crippen LogP contribution >= 0.6 is 0 Å². The highest BCUT2D eigenvalue weighted by atomic mass is 19.3. The quantitative estimate of drug-likeness (QED) is 0.768. The second-order valence-electron chi connectivity index (χ2n) is 7.05. The Kier molecular flexibility index (Phi) is 6.46. The molecule has 0 amide bonds. The molecule has 1 rings (SSSR count). The smallest absolute Gasteiger partial charge is 0.378 e. The summed E-state index contributed by atoms with van der Waals surface area (Å²) in [5.74, 6) is -9.70. The lowest BCUT2D eigenvalue weighted by Crippen LogP contribution is -2.47. The SMILES string of the molecule is CC(C)C(OC(=O)c1ccccc1C(=O)OC(C)(C)C)C(F)(F)C(=O)O. The normalized spacial score (nSPS) is 13.2. The van der Waals surface area contributed by atoms with Crippen molar-refractivity contribution >= 4 is 17.9 Å². The number of alkyl halides is 2. The third kappa shape index (κ3) is 5.24. The third-order valence-electron chi connectivity index (χ3n) is 3.25. The number of aliphatic carboxylic acids is 1. The highest BCUT2D eigenvalue weighted by Crippen LogP contribution is 2.29. The molecule has 0 saturated carbocycles. The van der Waals surface area contributed by atoms with Crippen molar-refractivity contribution < 1.29 is 37.7 Å². The van der Waals surface area contributed by atoms with Crippen LogP contribution in [0, 0.1) is 5.92 Å². The zero-order valence-electron chi connectivity index (χ0n) is 15.2. The summed E-state index contributed by atoms with van der Waals surface area (Å²) in [5.41, 5.74) is -1.27. The number of benzene rings is 1. The fraction of sp³-hybridized carbons (Fsp3) is 0.500. The van der Waals surface area contributed by atoms with E-state index in [1.54, 1.807) is 20.8 Å². The fourth-order valence-electron chi connectivity index (χ4n) is 2.10. The summed E-state index contributed by atoms with van der Waals surface area (Å²) < 4.78 is 37.7. The molecule has 1 N–H and O–H groups in total. The van der Waals surface area contributed by atoms with Crippen LogP contribution in [0.15, 0.2) is 24.3 Å². The fourth-order valence-corrected chi connectivity index (χ4v) is 2.10. The van der Waals surface area contributed by atoms with E-state index in [-0.39, 0.29) is 11.1 Å². The topological polar surface area (TPSA) is 89.9 Å². The maximum absolute atomic E-state index is 13.9. The highest BCUT2D eigenvalue weighted by Gasteiger charge is 2.51. The third-order valence-corrected chi connectivity index (χ3v) is 3.25. The molecule has 1 aromatic rings. The Morgan fingerprint density at radius 1 is 1.00 bits per heavy atom. The molecule has 8 heteroatoms. The summed E-state index contributed by atoms with van der Waals surface area (Å²) in [6.07, 6.45) is -2.20. The number of esters is 2. The highest BCUT2D eigenvalue weighted by molar-refractivity contribution is 6.03. The molecule has 0 heterocycles. The molecule has 1 aromatic carbocycles. The standard InChI is InChI=1S/C18H22F2O6/c1-10(2)13(18(19,20)16(23)24)25-14(21)11-8-6-7-9-12(11)15(22)26-17(3,4)5/h6-10,13H,1-5H3,(H,23,24). The lowest BCUT2D eigenvalue weighted by molar-refractivity contribution is -0.187. The molecule has 0 aromatic heterocycles. The number of ether oxygens (including phenoxy) is 2. The van der Waals surface area contributed by atoms with Crippen molar-refractivity contribution in [1.29, 1.82) is 0 Å². The Morgan fingerprint density at radius 3 is 1.85 bits per heavy atom. The van der Waals surface area contributed by atoms with E-state index in [9.17, 15) is 23.2 Å². The monoisotopic (exact) mass is 372 g/mol. The second kappa shape index (κ2) is 7.80. The maximum Gasteiger partial charge on any atom is 0.378 e. The van der Waals surface area contributed by atoms with Crippen LogP contribution in [0.3, 0.4) is 0 Å². The van der Waals surface area contributed by atoms with Gasteiger partial charge >= 0.3 is 23.8 Å². The summed E-state index contributed by atoms with van der Waals surface area (Å²) >= 11 is 0. The summed E-state index contributed by atoms with van der Waals surface area (Å²) in [6, 6.07) is 5.41. The molecule has 144 valence electrons. The van der Waals surface area contributed by atoms with Crippen molar-refractivity contribution in [3.05, 3.63) is 35.4 Å². The van der Waals surface area contributed by atoms with Crippen LogP contribution < -0.4 is 0 Å². The van der Waals surface area contributed by atoms with Gasteiger partial charge in [-0.2, -0.15) is 8.78 Å². The zero-order valence-corrected chi connectivity index (χ0v) is 15.2. The van der Waals surface area contributed by atoms with E-state index in [0.717, 1.165) is 0 Å². The van der Waals surface area contributed by atoms with Crippen molar-refractivity contribution in [2.24, 2.45) is 5.92 Å². The van der Waals surface area contributed by atoms with Crippen LogP contribution in [0.5, 0.6) is 0 Å². The molecule has 0 radical (unpaired) electrons. The Morgan fingerprint density at radius 2 is 1.46 bits per heavy atom. The molecule has 0 saturated heterocycles. The van der Waals surface area contributed by atoms with Gasteiger partial charge in [0, 0.05) is 0 Å². The molecular weight excluding hydrogens is 350 g/mol. The minimum absolute atomic E-state index is 0.159. The van der Waals surface area contributed by atoms with E-state index in [1.165, 1.54) is 38.1 Å². The van der Waals surface area contributed by atoms with Crippen LogP contribution in [0.1, 0.15) is 55.3 Å². The minimum atomic E-state index is -4.27. The van der Waals surface area contributed by atoms with Crippen LogP contribution in [-0.2, 0) is 14.3 Å². The van der Waals surface area contributed by atoms with Gasteiger partial charge in [-0.3, -0.25) is 0 Å². The molecule has 1 atom stereocenters. The van der Waals surface area contributed by atoms with Crippen LogP contribution in [-0.4, -0.2) is 40.6 Å². The predicted molar refractivity (Wildman–Crippen MR) is 88.2 cm³/mol. The van der Waals surface area contributed by atoms with Gasteiger partial charge in [0.25, 0.3) is 0 Å². The molecule has 0 aliphatic heterocycles. The summed E-state index contributed by atoms with van der Waals surface area (Å²) in [4.78, 5) is 35.4. The number of hydrogen-bond acceptors (Lipinski definition) is 5. The molecular formula is C18H22F2O6. The van der Waals surface area contributed by atoms with Gasteiger partial charge < -0.3 is 14.6 Å². The number of carbonyl (C=O) groups excluding carboxylic acids is 2. The van der Waals surface area contributed by atoms with Crippen molar-refractivity contribution in [1.82, 2.24) is 0 Å². The van der Waals surface area contributed by atoms with Gasteiger partial charge in [-0.1, -0.05) is 26.0 Å². The number of carbonyl (C=O) groups is 3. The molecule has 26 heavy (non-hydrogen) atoms. The molecule has 0 bridgehead atoms. The van der Waals surface area contributed by atoms with E-state index in [1.807, 2.05) is 0 Å². The Bertz CT molecular complexity index is 691. The number of halogens is 2. The van der Waals surface area contributed by atoms with E-state index in [4.69, 9.17) is 14.6 Å². The second-order valence-corrected chi connectivity index (χ2v) is 7.05. The molecule has 6 nitrogen and oxygen atoms in total. The largest absolute Gasteiger partial charge is 0.477 e. The van der Waals surface area contributed by atoms with Gasteiger partial charge in [0.05, 0.1) is 11.1 Å². The lowest BCUT2D eigenvalue weighted by atomic mass is 10.00. The van der Waals surface area contributed by atoms with Gasteiger partial charge in [-0.25, -0.2) is 14.4 Å². The Hall–Kier alpha value is -2.51. The van der Waals surface area contributed by atoms with Gasteiger partial charge in [0.1, 0.15) is 5.60 Å². The van der Waals surface area contributed by atoms with Crippen LogP contribution in [0.4, 0.5) is 8.78 Å². The Balaban J connectivity index is 3.18.